The summed E-state index contributed by atoms with van der Waals surface area (Å²) in [6.45, 7) is 9.41. The van der Waals surface area contributed by atoms with Crippen LogP contribution in [0.3, 0.4) is 0 Å². The van der Waals surface area contributed by atoms with E-state index in [1.165, 1.54) is 23.2 Å². The van der Waals surface area contributed by atoms with Gasteiger partial charge in [-0.2, -0.15) is 0 Å². The van der Waals surface area contributed by atoms with Crippen LogP contribution in [0.1, 0.15) is 40.7 Å². The van der Waals surface area contributed by atoms with Gasteiger partial charge in [0.2, 0.25) is 0 Å². The van der Waals surface area contributed by atoms with Crippen LogP contribution in [0.15, 0.2) is 30.6 Å². The molecule has 0 atom stereocenters. The third-order valence-electron chi connectivity index (χ3n) is 3.69. The Morgan fingerprint density at radius 3 is 2.50 bits per heavy atom. The van der Waals surface area contributed by atoms with Gasteiger partial charge in [-0.3, -0.25) is 0 Å². The molecule has 0 saturated carbocycles. The van der Waals surface area contributed by atoms with Gasteiger partial charge in [-0.05, 0) is 52.2 Å². The highest BCUT2D eigenvalue weighted by atomic mass is 16.6. The third kappa shape index (κ3) is 4.41. The van der Waals surface area contributed by atoms with Crippen molar-refractivity contribution in [2.75, 3.05) is 4.90 Å². The number of carbonyl (C=O) groups excluding carboxylic acids is 1. The number of pyridine rings is 1. The molecule has 0 aliphatic carbocycles. The van der Waals surface area contributed by atoms with E-state index in [-0.39, 0.29) is 17.3 Å². The van der Waals surface area contributed by atoms with Crippen LogP contribution in [-0.4, -0.2) is 38.5 Å². The summed E-state index contributed by atoms with van der Waals surface area (Å²) in [6, 6.07) is 4.89. The number of amides is 1. The molecule has 140 valence electrons. The van der Waals surface area contributed by atoms with Gasteiger partial charge in [-0.25, -0.2) is 14.7 Å². The molecular weight excluding hydrogens is 335 g/mol. The topological polar surface area (TPSA) is 91.7 Å². The van der Waals surface area contributed by atoms with Crippen molar-refractivity contribution in [3.05, 3.63) is 30.6 Å². The van der Waals surface area contributed by atoms with Gasteiger partial charge in [-0.15, -0.1) is 9.36 Å². The molecule has 0 aliphatic rings. The normalized spacial score (nSPS) is 11.6. The Morgan fingerprint density at radius 2 is 2.00 bits per heavy atom. The number of ether oxygens (including phenoxy) is 1. The Balaban J connectivity index is 2.56. The van der Waals surface area contributed by atoms with Crippen LogP contribution in [0.25, 0.3) is 0 Å². The maximum atomic E-state index is 12.9. The van der Waals surface area contributed by atoms with E-state index in [1.54, 1.807) is 26.8 Å². The Hall–Kier alpha value is -2.39. The fraction of sp³-hybridized carbons (Fsp3) is 0.471. The van der Waals surface area contributed by atoms with Crippen LogP contribution in [0.5, 0.6) is 0 Å². The highest BCUT2D eigenvalue weighted by Crippen LogP contribution is 2.25. The van der Waals surface area contributed by atoms with E-state index in [1.807, 2.05) is 36.5 Å². The smallest absolute Gasteiger partial charge is 0.443 e. The van der Waals surface area contributed by atoms with Crippen LogP contribution in [0, 0.1) is 0 Å². The first-order chi connectivity index (χ1) is 12.0. The second kappa shape index (κ2) is 7.47. The SMILES string of the molecule is CC(C)[n+]1ccc(N(C(=O)OC(C)(C)C)c2cc(B(O)O)ccn2)n1C. The van der Waals surface area contributed by atoms with Gasteiger partial charge in [0.1, 0.15) is 11.4 Å². The summed E-state index contributed by atoms with van der Waals surface area (Å²) >= 11 is 0. The molecule has 1 amide bonds. The van der Waals surface area contributed by atoms with Crippen molar-refractivity contribution in [2.24, 2.45) is 7.05 Å². The molecule has 2 heterocycles. The molecule has 2 N–H and O–H groups in total. The van der Waals surface area contributed by atoms with Gasteiger partial charge in [0.05, 0.1) is 13.1 Å². The third-order valence-corrected chi connectivity index (χ3v) is 3.69. The van der Waals surface area contributed by atoms with Crippen molar-refractivity contribution in [3.8, 4) is 0 Å². The summed E-state index contributed by atoms with van der Waals surface area (Å²) in [5.74, 6) is 0.784. The molecule has 0 spiro atoms. The van der Waals surface area contributed by atoms with E-state index in [2.05, 4.69) is 4.98 Å². The second-order valence-corrected chi connectivity index (χ2v) is 7.31. The Labute approximate surface area is 153 Å². The summed E-state index contributed by atoms with van der Waals surface area (Å²) in [7, 11) is 0.170. The molecule has 9 heteroatoms. The van der Waals surface area contributed by atoms with E-state index in [9.17, 15) is 14.8 Å². The zero-order valence-electron chi connectivity index (χ0n) is 16.0. The number of anilines is 2. The van der Waals surface area contributed by atoms with Gasteiger partial charge in [0, 0.05) is 6.20 Å². The monoisotopic (exact) mass is 361 g/mol. The summed E-state index contributed by atoms with van der Waals surface area (Å²) in [4.78, 5) is 18.4. The molecule has 0 unspecified atom stereocenters. The largest absolute Gasteiger partial charge is 0.488 e. The average molecular weight is 361 g/mol. The quantitative estimate of drug-likeness (QED) is 0.627. The Bertz CT molecular complexity index is 783. The van der Waals surface area contributed by atoms with Crippen LogP contribution < -0.4 is 15.0 Å². The first-order valence-corrected chi connectivity index (χ1v) is 8.43. The molecule has 0 bridgehead atoms. The number of aromatic nitrogens is 3. The minimum Gasteiger partial charge on any atom is -0.443 e. The lowest BCUT2D eigenvalue weighted by atomic mass is 9.81. The number of nitrogens with zero attached hydrogens (tertiary/aromatic N) is 4. The molecule has 0 radical (unpaired) electrons. The summed E-state index contributed by atoms with van der Waals surface area (Å²) in [5, 5.41) is 18.9. The summed E-state index contributed by atoms with van der Waals surface area (Å²) < 4.78 is 9.31. The lowest BCUT2D eigenvalue weighted by molar-refractivity contribution is -0.789. The van der Waals surface area contributed by atoms with E-state index < -0.39 is 18.8 Å². The standard InChI is InChI=1S/C17H26BN4O4/c1-12(2)21-10-8-15(20(21)6)22(16(23)26-17(3,4)5)14-11-13(18(24)25)7-9-19-14/h7-12,24-25H,1-6H3/q+1. The second-order valence-electron chi connectivity index (χ2n) is 7.31. The van der Waals surface area contributed by atoms with Crippen LogP contribution in [0.4, 0.5) is 16.4 Å². The van der Waals surface area contributed by atoms with E-state index in [0.29, 0.717) is 5.82 Å². The molecule has 0 aliphatic heterocycles. The lowest BCUT2D eigenvalue weighted by Gasteiger charge is -2.26. The zero-order chi connectivity index (χ0) is 19.6. The van der Waals surface area contributed by atoms with Gasteiger partial charge in [-0.1, -0.05) is 0 Å². The predicted molar refractivity (Wildman–Crippen MR) is 98.4 cm³/mol. The molecule has 0 saturated heterocycles. The first-order valence-electron chi connectivity index (χ1n) is 8.43. The minimum absolute atomic E-state index is 0.188. The highest BCUT2D eigenvalue weighted by molar-refractivity contribution is 6.58. The zero-order valence-corrected chi connectivity index (χ0v) is 16.0. The molecular formula is C17H26BN4O4+. The maximum absolute atomic E-state index is 12.9. The first kappa shape index (κ1) is 19.9. The molecule has 0 fully saturated rings. The van der Waals surface area contributed by atoms with Gasteiger partial charge in [0.25, 0.3) is 0 Å². The fourth-order valence-corrected chi connectivity index (χ4v) is 2.54. The molecule has 0 aromatic carbocycles. The van der Waals surface area contributed by atoms with Crippen molar-refractivity contribution in [1.82, 2.24) is 9.67 Å². The van der Waals surface area contributed by atoms with Gasteiger partial charge < -0.3 is 14.8 Å². The molecule has 26 heavy (non-hydrogen) atoms. The average Bonchev–Trinajstić information content (AvgIpc) is 2.88. The highest BCUT2D eigenvalue weighted by Gasteiger charge is 2.31. The number of rotatable bonds is 4. The number of hydrogen-bond donors (Lipinski definition) is 2. The predicted octanol–water partition coefficient (Wildman–Crippen LogP) is 1.04. The van der Waals surface area contributed by atoms with Gasteiger partial charge in [0.15, 0.2) is 18.1 Å². The van der Waals surface area contributed by atoms with Crippen molar-refractivity contribution in [1.29, 1.82) is 0 Å². The van der Waals surface area contributed by atoms with Crippen molar-refractivity contribution >= 4 is 30.3 Å². The maximum Gasteiger partial charge on any atom is 0.488 e. The van der Waals surface area contributed by atoms with E-state index >= 15 is 0 Å². The Morgan fingerprint density at radius 1 is 1.35 bits per heavy atom. The Kier molecular flexibility index (Phi) is 5.73. The summed E-state index contributed by atoms with van der Waals surface area (Å²) in [6.07, 6.45) is 2.68. The molecule has 2 aromatic heterocycles. The van der Waals surface area contributed by atoms with E-state index in [0.717, 1.165) is 0 Å². The fourth-order valence-electron chi connectivity index (χ4n) is 2.54. The van der Waals surface area contributed by atoms with Gasteiger partial charge >= 0.3 is 13.2 Å². The van der Waals surface area contributed by atoms with Crippen molar-refractivity contribution in [2.45, 2.75) is 46.3 Å². The van der Waals surface area contributed by atoms with Crippen molar-refractivity contribution < 1.29 is 24.3 Å². The summed E-state index contributed by atoms with van der Waals surface area (Å²) in [5.41, 5.74) is -0.461. The number of hydrogen-bond acceptors (Lipinski definition) is 5. The van der Waals surface area contributed by atoms with E-state index in [4.69, 9.17) is 4.74 Å². The molecule has 2 aromatic rings. The van der Waals surface area contributed by atoms with Crippen LogP contribution in [-0.2, 0) is 11.8 Å². The van der Waals surface area contributed by atoms with Crippen molar-refractivity contribution in [3.63, 3.8) is 0 Å². The number of carbonyl (C=O) groups is 1. The van der Waals surface area contributed by atoms with Crippen LogP contribution >= 0.6 is 0 Å². The minimum atomic E-state index is -1.66. The van der Waals surface area contributed by atoms with Crippen LogP contribution in [0.2, 0.25) is 0 Å². The lowest BCUT2D eigenvalue weighted by Crippen LogP contribution is -2.45. The molecule has 2 rings (SSSR count). The molecule has 8 nitrogen and oxygen atoms in total.